The van der Waals surface area contributed by atoms with E-state index in [1.54, 1.807) is 0 Å². The molecule has 0 spiro atoms. The van der Waals surface area contributed by atoms with Gasteiger partial charge in [0.15, 0.2) is 0 Å². The van der Waals surface area contributed by atoms with Crippen molar-refractivity contribution in [2.24, 2.45) is 0 Å². The van der Waals surface area contributed by atoms with E-state index in [1.165, 1.54) is 64.3 Å². The van der Waals surface area contributed by atoms with E-state index < -0.39 is 0 Å². The third-order valence-corrected chi connectivity index (χ3v) is 10.4. The molecule has 226 valence electrons. The highest BCUT2D eigenvalue weighted by molar-refractivity contribution is 7.26. The number of thiophene rings is 1. The Kier molecular flexibility index (Phi) is 7.07. The molecule has 48 heavy (non-hydrogen) atoms. The Balaban J connectivity index is 1.03. The fourth-order valence-corrected chi connectivity index (χ4v) is 7.97. The molecule has 0 aliphatic heterocycles. The van der Waals surface area contributed by atoms with Crippen molar-refractivity contribution in [1.29, 1.82) is 0 Å². The average Bonchev–Trinajstić information content (AvgIpc) is 3.56. The van der Waals surface area contributed by atoms with Crippen LogP contribution in [-0.4, -0.2) is 0 Å². The minimum Gasteiger partial charge on any atom is -0.311 e. The van der Waals surface area contributed by atoms with Crippen LogP contribution in [0.15, 0.2) is 188 Å². The number of hydrogen-bond donors (Lipinski definition) is 0. The molecule has 0 radical (unpaired) electrons. The number of hydrogen-bond acceptors (Lipinski definition) is 2. The second kappa shape index (κ2) is 12.0. The molecule has 2 heteroatoms. The van der Waals surface area contributed by atoms with E-state index in [0.717, 1.165) is 17.1 Å². The van der Waals surface area contributed by atoms with Crippen molar-refractivity contribution in [3.63, 3.8) is 0 Å². The van der Waals surface area contributed by atoms with Crippen LogP contribution in [0.1, 0.15) is 0 Å². The summed E-state index contributed by atoms with van der Waals surface area (Å²) in [6.45, 7) is 0. The number of nitrogens with zero attached hydrogens (tertiary/aromatic N) is 1. The molecule has 0 atom stereocenters. The molecule has 0 amide bonds. The first-order valence-electron chi connectivity index (χ1n) is 16.3. The molecule has 0 aliphatic carbocycles. The quantitative estimate of drug-likeness (QED) is 0.177. The third kappa shape index (κ3) is 5.13. The lowest BCUT2D eigenvalue weighted by molar-refractivity contribution is 1.28. The second-order valence-corrected chi connectivity index (χ2v) is 13.3. The van der Waals surface area contributed by atoms with Crippen molar-refractivity contribution in [3.8, 4) is 33.4 Å². The molecular formula is C46H31NS. The molecule has 1 aromatic heterocycles. The molecule has 0 N–H and O–H groups in total. The first-order chi connectivity index (χ1) is 23.8. The molecule has 8 aromatic carbocycles. The Labute approximate surface area is 284 Å². The van der Waals surface area contributed by atoms with E-state index in [-0.39, 0.29) is 0 Å². The van der Waals surface area contributed by atoms with E-state index in [2.05, 4.69) is 193 Å². The van der Waals surface area contributed by atoms with Gasteiger partial charge < -0.3 is 4.90 Å². The van der Waals surface area contributed by atoms with Gasteiger partial charge in [-0.2, -0.15) is 0 Å². The number of benzene rings is 8. The summed E-state index contributed by atoms with van der Waals surface area (Å²) in [5, 5.41) is 5.29. The zero-order valence-electron chi connectivity index (χ0n) is 26.3. The molecule has 9 rings (SSSR count). The predicted molar refractivity (Wildman–Crippen MR) is 208 cm³/mol. The van der Waals surface area contributed by atoms with Gasteiger partial charge in [0.1, 0.15) is 0 Å². The first kappa shape index (κ1) is 28.3. The first-order valence-corrected chi connectivity index (χ1v) is 17.2. The topological polar surface area (TPSA) is 3.24 Å². The average molecular weight is 630 g/mol. The Morgan fingerprint density at radius 1 is 0.312 bits per heavy atom. The van der Waals surface area contributed by atoms with Crippen molar-refractivity contribution in [3.05, 3.63) is 188 Å². The molecule has 0 unspecified atom stereocenters. The van der Waals surface area contributed by atoms with Crippen LogP contribution in [0.5, 0.6) is 0 Å². The van der Waals surface area contributed by atoms with E-state index in [9.17, 15) is 0 Å². The molecule has 1 heterocycles. The number of fused-ring (bicyclic) bond motifs is 5. The summed E-state index contributed by atoms with van der Waals surface area (Å²) >= 11 is 1.87. The van der Waals surface area contributed by atoms with Gasteiger partial charge in [0.25, 0.3) is 0 Å². The fourth-order valence-electron chi connectivity index (χ4n) is 6.85. The smallest absolute Gasteiger partial charge is 0.0462 e. The maximum absolute atomic E-state index is 2.33. The van der Waals surface area contributed by atoms with Gasteiger partial charge >= 0.3 is 0 Å². The molecule has 9 aromatic rings. The summed E-state index contributed by atoms with van der Waals surface area (Å²) in [7, 11) is 0. The summed E-state index contributed by atoms with van der Waals surface area (Å²) in [5.41, 5.74) is 10.7. The van der Waals surface area contributed by atoms with Crippen molar-refractivity contribution < 1.29 is 0 Å². The second-order valence-electron chi connectivity index (χ2n) is 12.2. The highest BCUT2D eigenvalue weighted by Crippen LogP contribution is 2.40. The SMILES string of the molecule is c1ccc(-c2ccc(-c3ccc(N(c4ccccc4)c4ccc(-c5ccc6c(ccc7sc8ccccc8c76)c5)cc4)cc3)cc2)cc1. The molecule has 0 saturated carbocycles. The van der Waals surface area contributed by atoms with Crippen molar-refractivity contribution in [1.82, 2.24) is 0 Å². The van der Waals surface area contributed by atoms with Gasteiger partial charge in [-0.1, -0.05) is 133 Å². The molecule has 1 nitrogen and oxygen atoms in total. The minimum absolute atomic E-state index is 1.12. The maximum Gasteiger partial charge on any atom is 0.0462 e. The molecular weight excluding hydrogens is 599 g/mol. The highest BCUT2D eigenvalue weighted by atomic mass is 32.1. The summed E-state index contributed by atoms with van der Waals surface area (Å²) in [6, 6.07) is 68.0. The number of rotatable bonds is 6. The Morgan fingerprint density at radius 2 is 0.792 bits per heavy atom. The van der Waals surface area contributed by atoms with Gasteiger partial charge in [0, 0.05) is 37.2 Å². The van der Waals surface area contributed by atoms with Crippen molar-refractivity contribution in [2.45, 2.75) is 0 Å². The molecule has 0 fully saturated rings. The van der Waals surface area contributed by atoms with Gasteiger partial charge in [-0.05, 0) is 98.8 Å². The number of anilines is 3. The number of para-hydroxylation sites is 1. The Morgan fingerprint density at radius 3 is 1.44 bits per heavy atom. The van der Waals surface area contributed by atoms with E-state index >= 15 is 0 Å². The maximum atomic E-state index is 2.33. The molecule has 0 aliphatic rings. The van der Waals surface area contributed by atoms with E-state index in [4.69, 9.17) is 0 Å². The Hall–Kier alpha value is -5.96. The van der Waals surface area contributed by atoms with Gasteiger partial charge in [-0.25, -0.2) is 0 Å². The zero-order valence-corrected chi connectivity index (χ0v) is 27.1. The van der Waals surface area contributed by atoms with Crippen LogP contribution in [0.3, 0.4) is 0 Å². The van der Waals surface area contributed by atoms with Crippen LogP contribution in [-0.2, 0) is 0 Å². The monoisotopic (exact) mass is 629 g/mol. The lowest BCUT2D eigenvalue weighted by Gasteiger charge is -2.26. The summed E-state index contributed by atoms with van der Waals surface area (Å²) < 4.78 is 2.69. The lowest BCUT2D eigenvalue weighted by atomic mass is 9.98. The van der Waals surface area contributed by atoms with Gasteiger partial charge in [-0.3, -0.25) is 0 Å². The highest BCUT2D eigenvalue weighted by Gasteiger charge is 2.14. The van der Waals surface area contributed by atoms with Crippen molar-refractivity contribution >= 4 is 59.3 Å². The standard InChI is InChI=1S/C46H31NS/c1-3-9-32(10-4-1)33-15-17-34(18-16-33)35-19-25-40(26-20-35)47(39-11-5-2-6-12-39)41-27-21-36(22-28-41)37-23-29-42-38(31-37)24-30-45-46(42)43-13-7-8-14-44(43)48-45/h1-31H. The molecule has 0 bridgehead atoms. The van der Waals surface area contributed by atoms with Crippen molar-refractivity contribution in [2.75, 3.05) is 4.90 Å². The van der Waals surface area contributed by atoms with Gasteiger partial charge in [0.2, 0.25) is 0 Å². The van der Waals surface area contributed by atoms with Crippen LogP contribution in [0.25, 0.3) is 64.3 Å². The summed E-state index contributed by atoms with van der Waals surface area (Å²) in [4.78, 5) is 2.32. The zero-order chi connectivity index (χ0) is 31.9. The lowest BCUT2D eigenvalue weighted by Crippen LogP contribution is -2.09. The van der Waals surface area contributed by atoms with E-state index in [1.807, 2.05) is 11.3 Å². The summed E-state index contributed by atoms with van der Waals surface area (Å²) in [5.74, 6) is 0. The fraction of sp³-hybridized carbons (Fsp3) is 0. The van der Waals surface area contributed by atoms with Crippen LogP contribution in [0, 0.1) is 0 Å². The largest absolute Gasteiger partial charge is 0.311 e. The van der Waals surface area contributed by atoms with Crippen LogP contribution >= 0.6 is 11.3 Å². The van der Waals surface area contributed by atoms with E-state index in [0.29, 0.717) is 0 Å². The van der Waals surface area contributed by atoms with Gasteiger partial charge in [-0.15, -0.1) is 11.3 Å². The normalized spacial score (nSPS) is 11.3. The summed E-state index contributed by atoms with van der Waals surface area (Å²) in [6.07, 6.45) is 0. The Bertz CT molecular complexity index is 2510. The minimum atomic E-state index is 1.12. The third-order valence-electron chi connectivity index (χ3n) is 9.28. The van der Waals surface area contributed by atoms with Crippen LogP contribution in [0.2, 0.25) is 0 Å². The van der Waals surface area contributed by atoms with Gasteiger partial charge in [0.05, 0.1) is 0 Å². The van der Waals surface area contributed by atoms with Crippen LogP contribution < -0.4 is 4.90 Å². The predicted octanol–water partition coefficient (Wildman–Crippen LogP) is 13.7. The van der Waals surface area contributed by atoms with Crippen LogP contribution in [0.4, 0.5) is 17.1 Å². The molecule has 0 saturated heterocycles.